The number of nitrogens with two attached hydrogens (primary N) is 1. The van der Waals surface area contributed by atoms with Crippen LogP contribution in [0.15, 0.2) is 48.5 Å². The van der Waals surface area contributed by atoms with Crippen LogP contribution in [0.5, 0.6) is 5.75 Å². The lowest BCUT2D eigenvalue weighted by Gasteiger charge is -2.55. The van der Waals surface area contributed by atoms with Gasteiger partial charge in [0.1, 0.15) is 23.8 Å². The maximum absolute atomic E-state index is 13.1. The second kappa shape index (κ2) is 9.55. The highest BCUT2D eigenvalue weighted by molar-refractivity contribution is 8.00. The normalized spacial score (nSPS) is 23.1. The number of hydrogen-bond donors (Lipinski definition) is 2. The van der Waals surface area contributed by atoms with Gasteiger partial charge in [-0.2, -0.15) is 0 Å². The third-order valence-corrected chi connectivity index (χ3v) is 7.72. The van der Waals surface area contributed by atoms with Crippen molar-refractivity contribution in [2.75, 3.05) is 23.7 Å². The summed E-state index contributed by atoms with van der Waals surface area (Å²) in [6, 6.07) is 10.9. The van der Waals surface area contributed by atoms with Gasteiger partial charge in [0.2, 0.25) is 11.8 Å². The summed E-state index contributed by atoms with van der Waals surface area (Å²) >= 11 is 1.39. The van der Waals surface area contributed by atoms with Crippen LogP contribution in [-0.2, 0) is 25.7 Å². The van der Waals surface area contributed by atoms with Gasteiger partial charge < -0.3 is 20.5 Å². The second-order valence-electron chi connectivity index (χ2n) is 8.66. The van der Waals surface area contributed by atoms with Crippen LogP contribution in [0.2, 0.25) is 0 Å². The lowest BCUT2D eigenvalue weighted by molar-refractivity contribution is -0.384. The third kappa shape index (κ3) is 4.66. The van der Waals surface area contributed by atoms with E-state index in [9.17, 15) is 29.6 Å². The number of anilines is 1. The van der Waals surface area contributed by atoms with E-state index in [1.165, 1.54) is 53.1 Å². The first-order valence-electron chi connectivity index (χ1n) is 10.8. The topological polar surface area (TPSA) is 156 Å². The van der Waals surface area contributed by atoms with Gasteiger partial charge in [-0.05, 0) is 48.9 Å². The summed E-state index contributed by atoms with van der Waals surface area (Å²) in [5, 5.41) is 20.0. The molecule has 2 aliphatic heterocycles. The number of benzene rings is 2. The molecule has 0 radical (unpaired) electrons. The summed E-state index contributed by atoms with van der Waals surface area (Å²) in [4.78, 5) is 51.8. The van der Waals surface area contributed by atoms with Crippen molar-refractivity contribution in [2.24, 2.45) is 11.1 Å². The molecule has 0 bridgehead atoms. The molecular weight excluding hydrogens is 476 g/mol. The molecule has 3 atom stereocenters. The average Bonchev–Trinajstić information content (AvgIpc) is 2.86. The lowest BCUT2D eigenvalue weighted by Crippen LogP contribution is -2.74. The fourth-order valence-electron chi connectivity index (χ4n) is 4.12. The standard InChI is InChI=1S/C23H24N4O7S/c1-23(22(31)34-11-14-2-4-16(5-3-14)27(32)33)12-25-20(30)19(21(25)35-13-23)26(18(29)10-24)15-6-8-17(28)9-7-15/h2-9,19,21,28H,10-13,24H2,1H3/t19?,21-,23?/m1/s1. The number of carbonyl (C=O) groups is 3. The van der Waals surface area contributed by atoms with Crippen LogP contribution >= 0.6 is 11.8 Å². The molecule has 2 aliphatic rings. The summed E-state index contributed by atoms with van der Waals surface area (Å²) in [6.45, 7) is 1.53. The van der Waals surface area contributed by atoms with Crippen molar-refractivity contribution in [3.8, 4) is 5.75 Å². The van der Waals surface area contributed by atoms with Crippen LogP contribution in [0.4, 0.5) is 11.4 Å². The number of carbonyl (C=O) groups excluding carboxylic acids is 3. The van der Waals surface area contributed by atoms with Crippen molar-refractivity contribution >= 4 is 40.9 Å². The summed E-state index contributed by atoms with van der Waals surface area (Å²) < 4.78 is 5.46. The van der Waals surface area contributed by atoms with E-state index in [0.717, 1.165) is 0 Å². The molecule has 2 saturated heterocycles. The largest absolute Gasteiger partial charge is 0.508 e. The van der Waals surface area contributed by atoms with E-state index in [1.807, 2.05) is 0 Å². The first-order chi connectivity index (χ1) is 16.6. The molecule has 35 heavy (non-hydrogen) atoms. The van der Waals surface area contributed by atoms with E-state index >= 15 is 0 Å². The SMILES string of the molecule is CC1(C(=O)OCc2ccc([N+](=O)[O-])cc2)CS[C@@H]2C(N(C(=O)CN)c3ccc(O)cc3)C(=O)N2C1. The first kappa shape index (κ1) is 24.5. The monoisotopic (exact) mass is 500 g/mol. The Morgan fingerprint density at radius 2 is 1.91 bits per heavy atom. The van der Waals surface area contributed by atoms with Crippen LogP contribution in [0.3, 0.4) is 0 Å². The van der Waals surface area contributed by atoms with E-state index in [2.05, 4.69) is 0 Å². The number of hydrogen-bond acceptors (Lipinski definition) is 9. The number of non-ortho nitro benzene ring substituents is 1. The Bertz CT molecular complexity index is 1160. The van der Waals surface area contributed by atoms with Gasteiger partial charge >= 0.3 is 5.97 Å². The van der Waals surface area contributed by atoms with Gasteiger partial charge in [-0.3, -0.25) is 29.4 Å². The number of phenolic OH excluding ortho intramolecular Hbond substituents is 1. The molecule has 12 heteroatoms. The number of fused-ring (bicyclic) bond motifs is 1. The molecule has 184 valence electrons. The van der Waals surface area contributed by atoms with E-state index in [1.54, 1.807) is 24.0 Å². The van der Waals surface area contributed by atoms with E-state index < -0.39 is 28.3 Å². The number of rotatable bonds is 7. The highest BCUT2D eigenvalue weighted by Crippen LogP contribution is 2.45. The predicted octanol–water partition coefficient (Wildman–Crippen LogP) is 1.63. The van der Waals surface area contributed by atoms with Gasteiger partial charge in [0.25, 0.3) is 5.69 Å². The molecule has 0 aromatic heterocycles. The Hall–Kier alpha value is -3.64. The molecule has 2 unspecified atom stereocenters. The quantitative estimate of drug-likeness (QED) is 0.250. The molecule has 0 saturated carbocycles. The summed E-state index contributed by atoms with van der Waals surface area (Å²) in [6.07, 6.45) is 0. The highest BCUT2D eigenvalue weighted by Gasteiger charge is 2.58. The number of nitrogens with zero attached hydrogens (tertiary/aromatic N) is 3. The minimum Gasteiger partial charge on any atom is -0.508 e. The van der Waals surface area contributed by atoms with E-state index in [0.29, 0.717) is 17.0 Å². The number of nitro benzene ring substituents is 1. The van der Waals surface area contributed by atoms with Crippen molar-refractivity contribution in [3.63, 3.8) is 0 Å². The molecule has 4 rings (SSSR count). The molecule has 0 spiro atoms. The molecule has 2 amide bonds. The first-order valence-corrected chi connectivity index (χ1v) is 11.8. The third-order valence-electron chi connectivity index (χ3n) is 6.06. The van der Waals surface area contributed by atoms with Crippen molar-refractivity contribution in [1.82, 2.24) is 4.90 Å². The number of ether oxygens (including phenoxy) is 1. The lowest BCUT2D eigenvalue weighted by atomic mass is 9.89. The van der Waals surface area contributed by atoms with Gasteiger partial charge in [-0.25, -0.2) is 0 Å². The van der Waals surface area contributed by atoms with Gasteiger partial charge in [0.05, 0.1) is 16.9 Å². The number of phenols is 1. The summed E-state index contributed by atoms with van der Waals surface area (Å²) in [7, 11) is 0. The average molecular weight is 501 g/mol. The Labute approximate surface area is 205 Å². The number of thioether (sulfide) groups is 1. The van der Waals surface area contributed by atoms with Gasteiger partial charge in [-0.1, -0.05) is 0 Å². The van der Waals surface area contributed by atoms with Crippen LogP contribution in [0, 0.1) is 15.5 Å². The van der Waals surface area contributed by atoms with Crippen molar-refractivity contribution < 1.29 is 29.2 Å². The Kier molecular flexibility index (Phi) is 6.68. The minimum atomic E-state index is -0.955. The zero-order valence-electron chi connectivity index (χ0n) is 18.8. The molecule has 2 fully saturated rings. The van der Waals surface area contributed by atoms with Gasteiger partial charge in [0.15, 0.2) is 0 Å². The molecule has 3 N–H and O–H groups in total. The van der Waals surface area contributed by atoms with Crippen molar-refractivity contribution in [3.05, 3.63) is 64.2 Å². The second-order valence-corrected chi connectivity index (χ2v) is 9.76. The van der Waals surface area contributed by atoms with E-state index in [-0.39, 0.29) is 42.4 Å². The Morgan fingerprint density at radius 1 is 1.26 bits per heavy atom. The maximum Gasteiger partial charge on any atom is 0.314 e. The molecule has 0 aliphatic carbocycles. The molecular formula is C23H24N4O7S. The van der Waals surface area contributed by atoms with Crippen LogP contribution in [0.1, 0.15) is 12.5 Å². The Morgan fingerprint density at radius 3 is 2.51 bits per heavy atom. The van der Waals surface area contributed by atoms with Crippen molar-refractivity contribution in [1.29, 1.82) is 0 Å². The number of nitro groups is 1. The maximum atomic E-state index is 13.1. The molecule has 2 heterocycles. The fourth-order valence-corrected chi connectivity index (χ4v) is 5.64. The van der Waals surface area contributed by atoms with E-state index in [4.69, 9.17) is 10.5 Å². The minimum absolute atomic E-state index is 0.0329. The van der Waals surface area contributed by atoms with Crippen LogP contribution < -0.4 is 10.6 Å². The number of aromatic hydroxyl groups is 1. The zero-order valence-corrected chi connectivity index (χ0v) is 19.6. The molecule has 2 aromatic rings. The van der Waals surface area contributed by atoms with Gasteiger partial charge in [0, 0.05) is 30.1 Å². The Balaban J connectivity index is 1.42. The molecule has 11 nitrogen and oxygen atoms in total. The number of β-lactam (4-membered cyclic amide) rings is 1. The summed E-state index contributed by atoms with van der Waals surface area (Å²) in [5.74, 6) is -0.800. The smallest absolute Gasteiger partial charge is 0.314 e. The highest BCUT2D eigenvalue weighted by atomic mass is 32.2. The van der Waals surface area contributed by atoms with Crippen LogP contribution in [0.25, 0.3) is 0 Å². The number of amides is 2. The fraction of sp³-hybridized carbons (Fsp3) is 0.348. The van der Waals surface area contributed by atoms with Gasteiger partial charge in [-0.15, -0.1) is 11.8 Å². The summed E-state index contributed by atoms with van der Waals surface area (Å²) in [5.41, 5.74) is 5.64. The predicted molar refractivity (Wildman–Crippen MR) is 127 cm³/mol. The number of esters is 1. The van der Waals surface area contributed by atoms with Crippen molar-refractivity contribution in [2.45, 2.75) is 24.9 Å². The van der Waals surface area contributed by atoms with Crippen LogP contribution in [-0.4, -0.2) is 63.0 Å². The zero-order chi connectivity index (χ0) is 25.3. The molecule has 2 aromatic carbocycles.